The summed E-state index contributed by atoms with van der Waals surface area (Å²) in [6.07, 6.45) is 4.77. The molecule has 0 aliphatic carbocycles. The fourth-order valence-corrected chi connectivity index (χ4v) is 2.34. The second kappa shape index (κ2) is 8.12. The SMILES string of the molecule is COC(=O)[C@H](C/C=C/c1ccccc1)NC(=O)[C@H]1CCC(=O)N1. The summed E-state index contributed by atoms with van der Waals surface area (Å²) in [7, 11) is 1.28. The Labute approximate surface area is 134 Å². The minimum Gasteiger partial charge on any atom is -0.467 e. The van der Waals surface area contributed by atoms with Gasteiger partial charge in [-0.15, -0.1) is 0 Å². The van der Waals surface area contributed by atoms with Crippen molar-refractivity contribution < 1.29 is 19.1 Å². The third-order valence-electron chi connectivity index (χ3n) is 3.60. The highest BCUT2D eigenvalue weighted by atomic mass is 16.5. The summed E-state index contributed by atoms with van der Waals surface area (Å²) < 4.78 is 4.72. The molecule has 1 aliphatic rings. The third kappa shape index (κ3) is 4.95. The van der Waals surface area contributed by atoms with Crippen LogP contribution in [-0.2, 0) is 19.1 Å². The van der Waals surface area contributed by atoms with Gasteiger partial charge in [-0.1, -0.05) is 42.5 Å². The Bertz CT molecular complexity index is 598. The molecular formula is C17H20N2O4. The third-order valence-corrected chi connectivity index (χ3v) is 3.60. The van der Waals surface area contributed by atoms with Crippen molar-refractivity contribution in [3.8, 4) is 0 Å². The van der Waals surface area contributed by atoms with Crippen LogP contribution < -0.4 is 10.6 Å². The van der Waals surface area contributed by atoms with Crippen LogP contribution in [0.2, 0.25) is 0 Å². The number of nitrogens with one attached hydrogen (secondary N) is 2. The van der Waals surface area contributed by atoms with Gasteiger partial charge >= 0.3 is 5.97 Å². The molecule has 0 spiro atoms. The average Bonchev–Trinajstić information content (AvgIpc) is 3.00. The number of rotatable bonds is 6. The van der Waals surface area contributed by atoms with E-state index >= 15 is 0 Å². The van der Waals surface area contributed by atoms with E-state index in [9.17, 15) is 14.4 Å². The van der Waals surface area contributed by atoms with Crippen LogP contribution in [0.4, 0.5) is 0 Å². The van der Waals surface area contributed by atoms with Crippen molar-refractivity contribution in [3.05, 3.63) is 42.0 Å². The highest BCUT2D eigenvalue weighted by Crippen LogP contribution is 2.08. The van der Waals surface area contributed by atoms with Crippen LogP contribution in [0.15, 0.2) is 36.4 Å². The molecule has 122 valence electrons. The van der Waals surface area contributed by atoms with Gasteiger partial charge in [0.05, 0.1) is 7.11 Å². The number of hydrogen-bond acceptors (Lipinski definition) is 4. The zero-order chi connectivity index (χ0) is 16.7. The number of esters is 1. The van der Waals surface area contributed by atoms with Gasteiger partial charge in [-0.3, -0.25) is 9.59 Å². The topological polar surface area (TPSA) is 84.5 Å². The molecule has 0 saturated carbocycles. The Kier molecular flexibility index (Phi) is 5.91. The number of benzene rings is 1. The fourth-order valence-electron chi connectivity index (χ4n) is 2.34. The first-order chi connectivity index (χ1) is 11.1. The van der Waals surface area contributed by atoms with Gasteiger partial charge in [0.15, 0.2) is 0 Å². The van der Waals surface area contributed by atoms with Gasteiger partial charge < -0.3 is 15.4 Å². The maximum absolute atomic E-state index is 12.1. The van der Waals surface area contributed by atoms with E-state index in [0.29, 0.717) is 19.3 Å². The van der Waals surface area contributed by atoms with Crippen LogP contribution in [0.25, 0.3) is 6.08 Å². The monoisotopic (exact) mass is 316 g/mol. The number of methoxy groups -OCH3 is 1. The molecule has 2 N–H and O–H groups in total. The molecule has 6 heteroatoms. The normalized spacial score (nSPS) is 18.5. The lowest BCUT2D eigenvalue weighted by atomic mass is 10.1. The number of carbonyl (C=O) groups is 3. The first kappa shape index (κ1) is 16.7. The van der Waals surface area contributed by atoms with Crippen LogP contribution in [0.5, 0.6) is 0 Å². The summed E-state index contributed by atoms with van der Waals surface area (Å²) in [5.41, 5.74) is 1.01. The molecule has 0 radical (unpaired) electrons. The lowest BCUT2D eigenvalue weighted by Crippen LogP contribution is -2.48. The quantitative estimate of drug-likeness (QED) is 0.768. The fraction of sp³-hybridized carbons (Fsp3) is 0.353. The molecule has 1 fully saturated rings. The van der Waals surface area contributed by atoms with Crippen LogP contribution in [0.1, 0.15) is 24.8 Å². The predicted molar refractivity (Wildman–Crippen MR) is 85.2 cm³/mol. The molecule has 0 unspecified atom stereocenters. The highest BCUT2D eigenvalue weighted by molar-refractivity contribution is 5.93. The van der Waals surface area contributed by atoms with E-state index < -0.39 is 18.1 Å². The largest absolute Gasteiger partial charge is 0.467 e. The molecule has 1 aromatic rings. The molecule has 2 atom stereocenters. The Hall–Kier alpha value is -2.63. The summed E-state index contributed by atoms with van der Waals surface area (Å²) in [5, 5.41) is 5.21. The van der Waals surface area contributed by atoms with Gasteiger partial charge in [-0.25, -0.2) is 4.79 Å². The number of ether oxygens (including phenoxy) is 1. The van der Waals surface area contributed by atoms with Crippen LogP contribution in [0.3, 0.4) is 0 Å². The molecule has 1 heterocycles. The molecule has 2 amide bonds. The smallest absolute Gasteiger partial charge is 0.328 e. The van der Waals surface area contributed by atoms with E-state index in [1.54, 1.807) is 0 Å². The van der Waals surface area contributed by atoms with Crippen molar-refractivity contribution >= 4 is 23.9 Å². The maximum atomic E-state index is 12.1. The van der Waals surface area contributed by atoms with Gasteiger partial charge in [-0.2, -0.15) is 0 Å². The minimum atomic E-state index is -0.773. The zero-order valence-electron chi connectivity index (χ0n) is 13.0. The first-order valence-electron chi connectivity index (χ1n) is 7.49. The van der Waals surface area contributed by atoms with E-state index in [-0.39, 0.29) is 11.8 Å². The van der Waals surface area contributed by atoms with Crippen molar-refractivity contribution in [1.82, 2.24) is 10.6 Å². The second-order valence-electron chi connectivity index (χ2n) is 5.29. The molecule has 6 nitrogen and oxygen atoms in total. The Balaban J connectivity index is 1.94. The highest BCUT2D eigenvalue weighted by Gasteiger charge is 2.30. The first-order valence-corrected chi connectivity index (χ1v) is 7.49. The molecule has 0 bridgehead atoms. The molecule has 1 aliphatic heterocycles. The number of hydrogen-bond donors (Lipinski definition) is 2. The summed E-state index contributed by atoms with van der Waals surface area (Å²) in [4.78, 5) is 35.1. The Morgan fingerprint density at radius 2 is 2.13 bits per heavy atom. The number of amides is 2. The van der Waals surface area contributed by atoms with Crippen LogP contribution >= 0.6 is 0 Å². The summed E-state index contributed by atoms with van der Waals surface area (Å²) in [5.74, 6) is -1.02. The standard InChI is InChI=1S/C17H20N2O4/c1-23-17(22)14(9-5-8-12-6-3-2-4-7-12)19-16(21)13-10-11-15(20)18-13/h2-8,13-14H,9-11H2,1H3,(H,18,20)(H,19,21)/b8-5+/t13-,14+/m1/s1. The number of carbonyl (C=O) groups excluding carboxylic acids is 3. The van der Waals surface area contributed by atoms with Crippen LogP contribution in [0, 0.1) is 0 Å². The molecule has 1 aromatic carbocycles. The van der Waals surface area contributed by atoms with E-state index in [4.69, 9.17) is 4.74 Å². The molecular weight excluding hydrogens is 296 g/mol. The summed E-state index contributed by atoms with van der Waals surface area (Å²) >= 11 is 0. The Morgan fingerprint density at radius 1 is 1.39 bits per heavy atom. The molecule has 2 rings (SSSR count). The summed E-state index contributed by atoms with van der Waals surface area (Å²) in [6, 6.07) is 8.29. The van der Waals surface area contributed by atoms with E-state index in [1.807, 2.05) is 42.5 Å². The average molecular weight is 316 g/mol. The van der Waals surface area contributed by atoms with Gasteiger partial charge in [-0.05, 0) is 18.4 Å². The maximum Gasteiger partial charge on any atom is 0.328 e. The summed E-state index contributed by atoms with van der Waals surface area (Å²) in [6.45, 7) is 0. The van der Waals surface area contributed by atoms with Crippen molar-refractivity contribution in [3.63, 3.8) is 0 Å². The van der Waals surface area contributed by atoms with Crippen LogP contribution in [-0.4, -0.2) is 37.0 Å². The van der Waals surface area contributed by atoms with Gasteiger partial charge in [0.1, 0.15) is 12.1 Å². The van der Waals surface area contributed by atoms with Gasteiger partial charge in [0.2, 0.25) is 11.8 Å². The molecule has 0 aromatic heterocycles. The second-order valence-corrected chi connectivity index (χ2v) is 5.29. The van der Waals surface area contributed by atoms with E-state index in [1.165, 1.54) is 7.11 Å². The minimum absolute atomic E-state index is 0.149. The Morgan fingerprint density at radius 3 is 2.74 bits per heavy atom. The van der Waals surface area contributed by atoms with Crippen molar-refractivity contribution in [2.24, 2.45) is 0 Å². The predicted octanol–water partition coefficient (Wildman–Crippen LogP) is 1.03. The van der Waals surface area contributed by atoms with E-state index in [0.717, 1.165) is 5.56 Å². The molecule has 23 heavy (non-hydrogen) atoms. The van der Waals surface area contributed by atoms with E-state index in [2.05, 4.69) is 10.6 Å². The lowest BCUT2D eigenvalue weighted by Gasteiger charge is -2.17. The van der Waals surface area contributed by atoms with Crippen molar-refractivity contribution in [2.75, 3.05) is 7.11 Å². The van der Waals surface area contributed by atoms with Gasteiger partial charge in [0, 0.05) is 6.42 Å². The zero-order valence-corrected chi connectivity index (χ0v) is 13.0. The van der Waals surface area contributed by atoms with Crippen molar-refractivity contribution in [1.29, 1.82) is 0 Å². The van der Waals surface area contributed by atoms with Crippen molar-refractivity contribution in [2.45, 2.75) is 31.3 Å². The van der Waals surface area contributed by atoms with Gasteiger partial charge in [0.25, 0.3) is 0 Å². The lowest BCUT2D eigenvalue weighted by molar-refractivity contribution is -0.145. The molecule has 1 saturated heterocycles.